The number of aliphatic hydroxyl groups excluding tert-OH is 1. The van der Waals surface area contributed by atoms with Crippen LogP contribution in [0.5, 0.6) is 0 Å². The summed E-state index contributed by atoms with van der Waals surface area (Å²) in [6.45, 7) is 4.70. The Balaban J connectivity index is 2.35. The molecule has 1 aromatic carbocycles. The van der Waals surface area contributed by atoms with Crippen LogP contribution in [0.25, 0.3) is 0 Å². The number of aryl methyl sites for hydroxylation is 1. The van der Waals surface area contributed by atoms with Gasteiger partial charge in [0.05, 0.1) is 6.10 Å². The zero-order valence-electron chi connectivity index (χ0n) is 12.4. The first-order valence-electron chi connectivity index (χ1n) is 6.76. The summed E-state index contributed by atoms with van der Waals surface area (Å²) in [5.74, 6) is -0.296. The van der Waals surface area contributed by atoms with Gasteiger partial charge in [0, 0.05) is 38.6 Å². The number of rotatable bonds is 4. The number of nitrogens with zero attached hydrogens (tertiary/aromatic N) is 1. The van der Waals surface area contributed by atoms with Crippen molar-refractivity contribution in [2.24, 2.45) is 0 Å². The number of hydrogen-bond acceptors (Lipinski definition) is 4. The summed E-state index contributed by atoms with van der Waals surface area (Å²) in [5.41, 5.74) is 2.01. The lowest BCUT2D eigenvalue weighted by Crippen LogP contribution is -2.27. The van der Waals surface area contributed by atoms with Gasteiger partial charge < -0.3 is 19.5 Å². The van der Waals surface area contributed by atoms with Gasteiger partial charge in [-0.05, 0) is 31.5 Å². The Morgan fingerprint density at radius 1 is 1.25 bits per heavy atom. The van der Waals surface area contributed by atoms with E-state index in [1.54, 1.807) is 34.1 Å². The van der Waals surface area contributed by atoms with E-state index in [9.17, 15) is 9.50 Å². The van der Waals surface area contributed by atoms with Crippen molar-refractivity contribution in [3.8, 4) is 0 Å². The van der Waals surface area contributed by atoms with Gasteiger partial charge in [0.2, 0.25) is 0 Å². The maximum absolute atomic E-state index is 13.7. The highest BCUT2D eigenvalue weighted by Crippen LogP contribution is 2.32. The molecule has 2 rings (SSSR count). The minimum absolute atomic E-state index is 0.0211. The molecule has 0 amide bonds. The van der Waals surface area contributed by atoms with E-state index in [2.05, 4.69) is 4.90 Å². The lowest BCUT2D eigenvalue weighted by Gasteiger charge is -2.24. The lowest BCUT2D eigenvalue weighted by atomic mass is 10.0. The van der Waals surface area contributed by atoms with Crippen LogP contribution in [0.15, 0.2) is 12.1 Å². The van der Waals surface area contributed by atoms with Crippen molar-refractivity contribution in [2.45, 2.75) is 32.2 Å². The van der Waals surface area contributed by atoms with Crippen LogP contribution in [-0.4, -0.2) is 44.6 Å². The third-order valence-corrected chi connectivity index (χ3v) is 3.92. The molecule has 5 heteroatoms. The van der Waals surface area contributed by atoms with Crippen LogP contribution in [0.3, 0.4) is 0 Å². The summed E-state index contributed by atoms with van der Waals surface area (Å²) >= 11 is 0. The summed E-state index contributed by atoms with van der Waals surface area (Å²) in [7, 11) is 3.32. The predicted molar refractivity (Wildman–Crippen MR) is 75.6 cm³/mol. The Labute approximate surface area is 119 Å². The largest absolute Gasteiger partial charge is 0.389 e. The molecule has 1 heterocycles. The van der Waals surface area contributed by atoms with E-state index in [4.69, 9.17) is 9.47 Å². The van der Waals surface area contributed by atoms with Crippen molar-refractivity contribution in [1.29, 1.82) is 0 Å². The van der Waals surface area contributed by atoms with Gasteiger partial charge in [-0.25, -0.2) is 4.39 Å². The molecule has 1 aromatic rings. The molecule has 1 N–H and O–H groups in total. The van der Waals surface area contributed by atoms with Crippen LogP contribution in [-0.2, 0) is 9.47 Å². The molecule has 3 atom stereocenters. The molecule has 1 aliphatic heterocycles. The molecule has 2 unspecified atom stereocenters. The lowest BCUT2D eigenvalue weighted by molar-refractivity contribution is -0.00461. The van der Waals surface area contributed by atoms with Crippen LogP contribution in [0.1, 0.15) is 24.2 Å². The van der Waals surface area contributed by atoms with E-state index >= 15 is 0 Å². The van der Waals surface area contributed by atoms with Gasteiger partial charge in [0.15, 0.2) is 0 Å². The smallest absolute Gasteiger partial charge is 0.126 e. The van der Waals surface area contributed by atoms with Gasteiger partial charge in [-0.15, -0.1) is 0 Å². The van der Waals surface area contributed by atoms with E-state index < -0.39 is 6.10 Å². The average molecular weight is 283 g/mol. The van der Waals surface area contributed by atoms with Gasteiger partial charge >= 0.3 is 0 Å². The summed E-state index contributed by atoms with van der Waals surface area (Å²) in [4.78, 5) is 2.08. The molecule has 20 heavy (non-hydrogen) atoms. The molecule has 4 nitrogen and oxygen atoms in total. The van der Waals surface area contributed by atoms with Gasteiger partial charge in [-0.3, -0.25) is 0 Å². The number of anilines is 1. The van der Waals surface area contributed by atoms with Gasteiger partial charge in [0.1, 0.15) is 18.0 Å². The number of methoxy groups -OCH3 is 2. The SMILES string of the molecule is COC1CN(c2cc(C)c(F)cc2[C@@H](C)O)CC1OC. The molecule has 0 radical (unpaired) electrons. The Bertz CT molecular complexity index is 466. The number of ether oxygens (including phenoxy) is 2. The first-order valence-corrected chi connectivity index (χ1v) is 6.76. The zero-order chi connectivity index (χ0) is 14.9. The Morgan fingerprint density at radius 3 is 2.25 bits per heavy atom. The van der Waals surface area contributed by atoms with Crippen molar-refractivity contribution >= 4 is 5.69 Å². The molecular weight excluding hydrogens is 261 g/mol. The summed E-state index contributed by atoms with van der Waals surface area (Å²) in [5, 5.41) is 9.87. The molecule has 0 bridgehead atoms. The minimum Gasteiger partial charge on any atom is -0.389 e. The normalized spacial score (nSPS) is 24.2. The Morgan fingerprint density at radius 2 is 1.80 bits per heavy atom. The fourth-order valence-corrected chi connectivity index (χ4v) is 2.68. The minimum atomic E-state index is -0.720. The highest BCUT2D eigenvalue weighted by atomic mass is 19.1. The van der Waals surface area contributed by atoms with Crippen molar-refractivity contribution in [3.05, 3.63) is 29.1 Å². The van der Waals surface area contributed by atoms with E-state index in [0.29, 0.717) is 24.2 Å². The summed E-state index contributed by atoms with van der Waals surface area (Å²) in [6, 6.07) is 3.19. The van der Waals surface area contributed by atoms with E-state index in [1.165, 1.54) is 6.07 Å². The zero-order valence-corrected chi connectivity index (χ0v) is 12.4. The number of aliphatic hydroxyl groups is 1. The molecular formula is C15H22FNO3. The van der Waals surface area contributed by atoms with Crippen molar-refractivity contribution < 1.29 is 19.0 Å². The van der Waals surface area contributed by atoms with E-state index in [-0.39, 0.29) is 18.0 Å². The highest BCUT2D eigenvalue weighted by molar-refractivity contribution is 5.58. The fraction of sp³-hybridized carbons (Fsp3) is 0.600. The van der Waals surface area contributed by atoms with Gasteiger partial charge in [0.25, 0.3) is 0 Å². The molecule has 0 spiro atoms. The standard InChI is InChI=1S/C15H22FNO3/c1-9-5-13(11(10(2)18)6-12(9)16)17-7-14(19-3)15(8-17)20-4/h5-6,10,14-15,18H,7-8H2,1-4H3/t10-,14?,15?/m1/s1. The second kappa shape index (κ2) is 6.08. The topological polar surface area (TPSA) is 41.9 Å². The molecule has 1 aliphatic rings. The first kappa shape index (κ1) is 15.2. The van der Waals surface area contributed by atoms with Crippen LogP contribution >= 0.6 is 0 Å². The molecule has 0 saturated carbocycles. The van der Waals surface area contributed by atoms with Gasteiger partial charge in [-0.2, -0.15) is 0 Å². The second-order valence-corrected chi connectivity index (χ2v) is 5.29. The molecule has 0 aliphatic carbocycles. The van der Waals surface area contributed by atoms with Crippen LogP contribution < -0.4 is 4.90 Å². The van der Waals surface area contributed by atoms with E-state index in [0.717, 1.165) is 5.69 Å². The Kier molecular flexibility index (Phi) is 4.62. The summed E-state index contributed by atoms with van der Waals surface area (Å²) < 4.78 is 24.5. The van der Waals surface area contributed by atoms with E-state index in [1.807, 2.05) is 0 Å². The highest BCUT2D eigenvalue weighted by Gasteiger charge is 2.34. The van der Waals surface area contributed by atoms with Crippen molar-refractivity contribution in [1.82, 2.24) is 0 Å². The number of halogens is 1. The molecule has 112 valence electrons. The third-order valence-electron chi connectivity index (χ3n) is 3.92. The first-order chi connectivity index (χ1) is 9.47. The van der Waals surface area contributed by atoms with Crippen molar-refractivity contribution in [2.75, 3.05) is 32.2 Å². The molecule has 1 saturated heterocycles. The molecule has 0 aromatic heterocycles. The second-order valence-electron chi connectivity index (χ2n) is 5.29. The van der Waals surface area contributed by atoms with Crippen LogP contribution in [0, 0.1) is 12.7 Å². The fourth-order valence-electron chi connectivity index (χ4n) is 2.68. The maximum Gasteiger partial charge on any atom is 0.126 e. The van der Waals surface area contributed by atoms with Gasteiger partial charge in [-0.1, -0.05) is 0 Å². The maximum atomic E-state index is 13.7. The molecule has 1 fully saturated rings. The van der Waals surface area contributed by atoms with Crippen molar-refractivity contribution in [3.63, 3.8) is 0 Å². The Hall–Kier alpha value is -1.17. The summed E-state index contributed by atoms with van der Waals surface area (Å²) in [6.07, 6.45) is -0.762. The van der Waals surface area contributed by atoms with Crippen LogP contribution in [0.4, 0.5) is 10.1 Å². The monoisotopic (exact) mass is 283 g/mol. The third kappa shape index (κ3) is 2.80. The quantitative estimate of drug-likeness (QED) is 0.918. The van der Waals surface area contributed by atoms with Crippen LogP contribution in [0.2, 0.25) is 0 Å². The predicted octanol–water partition coefficient (Wildman–Crippen LogP) is 2.04. The average Bonchev–Trinajstić information content (AvgIpc) is 2.84. The number of hydrogen-bond donors (Lipinski definition) is 1. The number of benzene rings is 1.